The molecule has 1 heteroatoms. The van der Waals surface area contributed by atoms with Crippen LogP contribution in [-0.4, -0.2) is 6.04 Å². The van der Waals surface area contributed by atoms with Crippen molar-refractivity contribution in [1.82, 2.24) is 0 Å². The van der Waals surface area contributed by atoms with Crippen molar-refractivity contribution >= 4 is 0 Å². The van der Waals surface area contributed by atoms with Crippen molar-refractivity contribution in [3.63, 3.8) is 0 Å². The molecule has 1 fully saturated rings. The predicted molar refractivity (Wildman–Crippen MR) is 44.7 cm³/mol. The number of hydrogen-bond acceptors (Lipinski definition) is 1. The molecule has 1 aliphatic carbocycles. The molecule has 0 radical (unpaired) electrons. The maximum absolute atomic E-state index is 5.92. The van der Waals surface area contributed by atoms with Gasteiger partial charge in [0.2, 0.25) is 0 Å². The molecule has 1 rings (SSSR count). The Morgan fingerprint density at radius 3 is 2.70 bits per heavy atom. The lowest BCUT2D eigenvalue weighted by molar-refractivity contribution is 0.254. The molecule has 1 nitrogen and oxygen atoms in total. The second-order valence-electron chi connectivity index (χ2n) is 3.22. The van der Waals surface area contributed by atoms with Crippen molar-refractivity contribution in [3.05, 3.63) is 12.7 Å². The van der Waals surface area contributed by atoms with Gasteiger partial charge in [-0.1, -0.05) is 12.5 Å². The molecule has 0 aromatic carbocycles. The Balaban J connectivity index is 2.07. The highest BCUT2D eigenvalue weighted by Gasteiger charge is 2.23. The van der Waals surface area contributed by atoms with Crippen LogP contribution in [0, 0.1) is 5.92 Å². The van der Waals surface area contributed by atoms with Crippen LogP contribution in [0.1, 0.15) is 32.1 Å². The molecule has 1 aliphatic rings. The summed E-state index contributed by atoms with van der Waals surface area (Å²) in [6.45, 7) is 3.68. The maximum Gasteiger partial charge on any atom is 0.00701 e. The second kappa shape index (κ2) is 3.77. The van der Waals surface area contributed by atoms with E-state index >= 15 is 0 Å². The topological polar surface area (TPSA) is 26.0 Å². The summed E-state index contributed by atoms with van der Waals surface area (Å²) < 4.78 is 0. The molecule has 1 unspecified atom stereocenters. The van der Waals surface area contributed by atoms with Gasteiger partial charge in [-0.3, -0.25) is 0 Å². The van der Waals surface area contributed by atoms with Crippen LogP contribution in [-0.2, 0) is 0 Å². The molecule has 0 heterocycles. The zero-order chi connectivity index (χ0) is 7.40. The highest BCUT2D eigenvalue weighted by Crippen LogP contribution is 2.30. The zero-order valence-electron chi connectivity index (χ0n) is 6.55. The van der Waals surface area contributed by atoms with Crippen LogP contribution in [0.3, 0.4) is 0 Å². The summed E-state index contributed by atoms with van der Waals surface area (Å²) in [6.07, 6.45) is 8.29. The van der Waals surface area contributed by atoms with Crippen LogP contribution in [0.25, 0.3) is 0 Å². The number of rotatable bonds is 4. The van der Waals surface area contributed by atoms with E-state index in [-0.39, 0.29) is 0 Å². The van der Waals surface area contributed by atoms with Gasteiger partial charge >= 0.3 is 0 Å². The summed E-state index contributed by atoms with van der Waals surface area (Å²) in [7, 11) is 0. The van der Waals surface area contributed by atoms with E-state index in [1.54, 1.807) is 0 Å². The zero-order valence-corrected chi connectivity index (χ0v) is 6.55. The third kappa shape index (κ3) is 1.84. The minimum atomic E-state index is 0.451. The summed E-state index contributed by atoms with van der Waals surface area (Å²) >= 11 is 0. The fraction of sp³-hybridized carbons (Fsp3) is 0.778. The Kier molecular flexibility index (Phi) is 2.94. The Bertz CT molecular complexity index is 105. The average molecular weight is 139 g/mol. The number of allylic oxidation sites excluding steroid dienone is 1. The molecule has 0 spiro atoms. The molecule has 10 heavy (non-hydrogen) atoms. The summed E-state index contributed by atoms with van der Waals surface area (Å²) in [5.74, 6) is 0.833. The minimum absolute atomic E-state index is 0.451. The van der Waals surface area contributed by atoms with E-state index in [4.69, 9.17) is 5.73 Å². The smallest absolute Gasteiger partial charge is 0.00701 e. The molecule has 1 saturated carbocycles. The molecular weight excluding hydrogens is 122 g/mol. The van der Waals surface area contributed by atoms with E-state index in [9.17, 15) is 0 Å². The van der Waals surface area contributed by atoms with Gasteiger partial charge in [0, 0.05) is 6.04 Å². The molecule has 0 aromatic heterocycles. The highest BCUT2D eigenvalue weighted by molar-refractivity contribution is 4.82. The second-order valence-corrected chi connectivity index (χ2v) is 3.22. The van der Waals surface area contributed by atoms with Gasteiger partial charge in [0.25, 0.3) is 0 Å². The van der Waals surface area contributed by atoms with Crippen molar-refractivity contribution in [3.8, 4) is 0 Å². The van der Waals surface area contributed by atoms with E-state index in [1.165, 1.54) is 19.3 Å². The van der Waals surface area contributed by atoms with E-state index in [2.05, 4.69) is 6.58 Å². The number of hydrogen-bond donors (Lipinski definition) is 1. The first kappa shape index (κ1) is 7.80. The van der Waals surface area contributed by atoms with Crippen LogP contribution in [0.4, 0.5) is 0 Å². The van der Waals surface area contributed by atoms with Crippen molar-refractivity contribution < 1.29 is 0 Å². The maximum atomic E-state index is 5.92. The quantitative estimate of drug-likeness (QED) is 0.593. The van der Waals surface area contributed by atoms with Gasteiger partial charge in [-0.25, -0.2) is 0 Å². The molecule has 0 bridgehead atoms. The standard InChI is InChI=1S/C9H17N/c1-2-3-7-9(10)8-5-4-6-8/h2,8-9H,1,3-7,10H2. The Labute approximate surface area is 63.3 Å². The summed E-state index contributed by atoms with van der Waals surface area (Å²) in [4.78, 5) is 0. The molecule has 1 atom stereocenters. The van der Waals surface area contributed by atoms with Gasteiger partial charge in [-0.15, -0.1) is 6.58 Å². The van der Waals surface area contributed by atoms with Crippen molar-refractivity contribution in [2.45, 2.75) is 38.1 Å². The van der Waals surface area contributed by atoms with E-state index < -0.39 is 0 Å². The number of nitrogens with two attached hydrogens (primary N) is 1. The average Bonchev–Trinajstić information content (AvgIpc) is 1.79. The fourth-order valence-corrected chi connectivity index (χ4v) is 1.41. The minimum Gasteiger partial charge on any atom is -0.327 e. The lowest BCUT2D eigenvalue weighted by Gasteiger charge is -2.30. The van der Waals surface area contributed by atoms with Crippen LogP contribution >= 0.6 is 0 Å². The van der Waals surface area contributed by atoms with E-state index in [1.807, 2.05) is 6.08 Å². The monoisotopic (exact) mass is 139 g/mol. The SMILES string of the molecule is C=CCCC(N)C1CCC1. The molecule has 2 N–H and O–H groups in total. The van der Waals surface area contributed by atoms with E-state index in [0.717, 1.165) is 18.8 Å². The van der Waals surface area contributed by atoms with Crippen LogP contribution in [0.5, 0.6) is 0 Å². The van der Waals surface area contributed by atoms with Gasteiger partial charge in [0.05, 0.1) is 0 Å². The van der Waals surface area contributed by atoms with Gasteiger partial charge in [0.15, 0.2) is 0 Å². The van der Waals surface area contributed by atoms with E-state index in [0.29, 0.717) is 6.04 Å². The molecule has 58 valence electrons. The largest absolute Gasteiger partial charge is 0.327 e. The third-order valence-electron chi connectivity index (χ3n) is 2.46. The van der Waals surface area contributed by atoms with Gasteiger partial charge in [0.1, 0.15) is 0 Å². The van der Waals surface area contributed by atoms with Crippen LogP contribution in [0.15, 0.2) is 12.7 Å². The molecule has 0 saturated heterocycles. The first-order valence-electron chi connectivity index (χ1n) is 4.21. The van der Waals surface area contributed by atoms with Crippen molar-refractivity contribution in [2.24, 2.45) is 11.7 Å². The van der Waals surface area contributed by atoms with Gasteiger partial charge < -0.3 is 5.73 Å². The predicted octanol–water partition coefficient (Wildman–Crippen LogP) is 2.08. The third-order valence-corrected chi connectivity index (χ3v) is 2.46. The Hall–Kier alpha value is -0.300. The van der Waals surface area contributed by atoms with Crippen LogP contribution < -0.4 is 5.73 Å². The summed E-state index contributed by atoms with van der Waals surface area (Å²) in [5, 5.41) is 0. The van der Waals surface area contributed by atoms with Gasteiger partial charge in [-0.2, -0.15) is 0 Å². The Morgan fingerprint density at radius 1 is 1.60 bits per heavy atom. The molecule has 0 aliphatic heterocycles. The lowest BCUT2D eigenvalue weighted by Crippen LogP contribution is -2.34. The highest BCUT2D eigenvalue weighted by atomic mass is 14.7. The summed E-state index contributed by atoms with van der Waals surface area (Å²) in [5.41, 5.74) is 5.92. The normalized spacial score (nSPS) is 21.7. The van der Waals surface area contributed by atoms with Crippen LogP contribution in [0.2, 0.25) is 0 Å². The fourth-order valence-electron chi connectivity index (χ4n) is 1.41. The van der Waals surface area contributed by atoms with Crippen molar-refractivity contribution in [2.75, 3.05) is 0 Å². The van der Waals surface area contributed by atoms with Gasteiger partial charge in [-0.05, 0) is 31.6 Å². The summed E-state index contributed by atoms with van der Waals surface area (Å²) in [6, 6.07) is 0.451. The molecule has 0 aromatic rings. The molecule has 0 amide bonds. The first-order chi connectivity index (χ1) is 4.84. The first-order valence-corrected chi connectivity index (χ1v) is 4.21. The van der Waals surface area contributed by atoms with Crippen molar-refractivity contribution in [1.29, 1.82) is 0 Å². The Morgan fingerprint density at radius 2 is 2.30 bits per heavy atom. The lowest BCUT2D eigenvalue weighted by atomic mass is 9.79. The molecular formula is C9H17N.